The Labute approximate surface area is 130 Å². The second-order valence-electron chi connectivity index (χ2n) is 7.76. The zero-order valence-corrected chi connectivity index (χ0v) is 14.7. The van der Waals surface area contributed by atoms with Crippen molar-refractivity contribution in [1.82, 2.24) is 4.90 Å². The molecule has 0 aliphatic carbocycles. The number of rotatable bonds is 1. The van der Waals surface area contributed by atoms with E-state index in [1.54, 1.807) is 0 Å². The molecule has 0 amide bonds. The fourth-order valence-corrected chi connectivity index (χ4v) is 3.64. The third-order valence-electron chi connectivity index (χ3n) is 4.99. The van der Waals surface area contributed by atoms with Crippen LogP contribution in [0.4, 0.5) is 0 Å². The number of hydrogen-bond acceptors (Lipinski definition) is 2. The Bertz CT molecular complexity index is 499. The van der Waals surface area contributed by atoms with Gasteiger partial charge in [0.2, 0.25) is 0 Å². The van der Waals surface area contributed by atoms with Crippen LogP contribution in [0.2, 0.25) is 0 Å². The van der Waals surface area contributed by atoms with Crippen LogP contribution in [0.25, 0.3) is 0 Å². The van der Waals surface area contributed by atoms with E-state index in [2.05, 4.69) is 58.6 Å². The molecule has 1 aromatic rings. The van der Waals surface area contributed by atoms with Crippen molar-refractivity contribution in [2.45, 2.75) is 78.4 Å². The molecule has 0 bridgehead atoms. The van der Waals surface area contributed by atoms with Crippen molar-refractivity contribution in [2.24, 2.45) is 5.73 Å². The largest absolute Gasteiger partial charge is 0.326 e. The molecule has 2 heteroatoms. The molecule has 2 atom stereocenters. The van der Waals surface area contributed by atoms with E-state index in [4.69, 9.17) is 5.73 Å². The minimum atomic E-state index is 0.151. The molecule has 0 spiro atoms. The van der Waals surface area contributed by atoms with Gasteiger partial charge in [0.25, 0.3) is 0 Å². The third-order valence-corrected chi connectivity index (χ3v) is 4.99. The molecule has 1 aliphatic rings. The Balaban J connectivity index is 2.51. The monoisotopic (exact) mass is 288 g/mol. The van der Waals surface area contributed by atoms with E-state index in [1.807, 2.05) is 0 Å². The second kappa shape index (κ2) is 6.10. The van der Waals surface area contributed by atoms with Crippen LogP contribution in [0, 0.1) is 20.8 Å². The molecule has 1 aromatic carbocycles. The topological polar surface area (TPSA) is 29.3 Å². The van der Waals surface area contributed by atoms with Gasteiger partial charge in [-0.05, 0) is 83.2 Å². The van der Waals surface area contributed by atoms with Gasteiger partial charge in [-0.25, -0.2) is 0 Å². The molecule has 0 aromatic heterocycles. The zero-order chi connectivity index (χ0) is 15.8. The molecule has 118 valence electrons. The quantitative estimate of drug-likeness (QED) is 0.836. The normalized spacial score (nSPS) is 24.9. The SMILES string of the molecule is Cc1cc(C)c(C2C(N)CCCCN2C(C)(C)C)cc1C. The number of benzene rings is 1. The van der Waals surface area contributed by atoms with Gasteiger partial charge >= 0.3 is 0 Å². The van der Waals surface area contributed by atoms with Crippen molar-refractivity contribution in [1.29, 1.82) is 0 Å². The van der Waals surface area contributed by atoms with Crippen LogP contribution in [0.1, 0.15) is 68.3 Å². The van der Waals surface area contributed by atoms with E-state index in [0.29, 0.717) is 6.04 Å². The molecule has 0 saturated carbocycles. The summed E-state index contributed by atoms with van der Waals surface area (Å²) in [4.78, 5) is 2.63. The van der Waals surface area contributed by atoms with E-state index in [9.17, 15) is 0 Å². The predicted octanol–water partition coefficient (Wildman–Crippen LogP) is 4.26. The summed E-state index contributed by atoms with van der Waals surface area (Å²) in [6, 6.07) is 5.27. The lowest BCUT2D eigenvalue weighted by Gasteiger charge is -2.43. The average molecular weight is 288 g/mol. The number of nitrogens with two attached hydrogens (primary N) is 1. The fraction of sp³-hybridized carbons (Fsp3) is 0.684. The van der Waals surface area contributed by atoms with Crippen LogP contribution >= 0.6 is 0 Å². The van der Waals surface area contributed by atoms with Gasteiger partial charge in [0.15, 0.2) is 0 Å². The van der Waals surface area contributed by atoms with Gasteiger partial charge < -0.3 is 5.73 Å². The number of hydrogen-bond donors (Lipinski definition) is 1. The second-order valence-corrected chi connectivity index (χ2v) is 7.76. The van der Waals surface area contributed by atoms with E-state index >= 15 is 0 Å². The van der Waals surface area contributed by atoms with E-state index in [-0.39, 0.29) is 11.6 Å². The first-order chi connectivity index (χ1) is 9.71. The highest BCUT2D eigenvalue weighted by molar-refractivity contribution is 5.39. The van der Waals surface area contributed by atoms with Gasteiger partial charge in [0.05, 0.1) is 6.04 Å². The summed E-state index contributed by atoms with van der Waals surface area (Å²) in [6.45, 7) is 14.7. The fourth-order valence-electron chi connectivity index (χ4n) is 3.64. The minimum absolute atomic E-state index is 0.151. The maximum absolute atomic E-state index is 6.61. The number of aryl methyl sites for hydroxylation is 3. The van der Waals surface area contributed by atoms with E-state index < -0.39 is 0 Å². The van der Waals surface area contributed by atoms with Crippen LogP contribution < -0.4 is 5.73 Å². The molecular weight excluding hydrogens is 256 g/mol. The molecule has 1 saturated heterocycles. The van der Waals surface area contributed by atoms with Gasteiger partial charge in [0, 0.05) is 11.6 Å². The number of likely N-dealkylation sites (tertiary alicyclic amines) is 1. The Kier molecular flexibility index (Phi) is 4.79. The first-order valence-electron chi connectivity index (χ1n) is 8.32. The highest BCUT2D eigenvalue weighted by Crippen LogP contribution is 2.36. The maximum Gasteiger partial charge on any atom is 0.0507 e. The van der Waals surface area contributed by atoms with Gasteiger partial charge in [-0.1, -0.05) is 18.6 Å². The average Bonchev–Trinajstić information content (AvgIpc) is 2.55. The summed E-state index contributed by atoms with van der Waals surface area (Å²) < 4.78 is 0. The molecule has 1 aliphatic heterocycles. The van der Waals surface area contributed by atoms with Crippen molar-refractivity contribution in [3.05, 3.63) is 34.4 Å². The Hall–Kier alpha value is -0.860. The number of nitrogens with zero attached hydrogens (tertiary/aromatic N) is 1. The lowest BCUT2D eigenvalue weighted by atomic mass is 9.88. The Morgan fingerprint density at radius 2 is 1.62 bits per heavy atom. The Morgan fingerprint density at radius 1 is 1.00 bits per heavy atom. The highest BCUT2D eigenvalue weighted by atomic mass is 15.2. The van der Waals surface area contributed by atoms with Crippen molar-refractivity contribution in [2.75, 3.05) is 6.54 Å². The molecule has 1 fully saturated rings. The molecular formula is C19H32N2. The van der Waals surface area contributed by atoms with Gasteiger partial charge in [-0.15, -0.1) is 0 Å². The lowest BCUT2D eigenvalue weighted by Crippen LogP contribution is -2.49. The lowest BCUT2D eigenvalue weighted by molar-refractivity contribution is 0.0752. The molecule has 2 unspecified atom stereocenters. The molecule has 0 radical (unpaired) electrons. The van der Waals surface area contributed by atoms with Gasteiger partial charge in [-0.2, -0.15) is 0 Å². The molecule has 1 heterocycles. The van der Waals surface area contributed by atoms with Crippen molar-refractivity contribution >= 4 is 0 Å². The maximum atomic E-state index is 6.61. The highest BCUT2D eigenvalue weighted by Gasteiger charge is 2.35. The predicted molar refractivity (Wildman–Crippen MR) is 91.7 cm³/mol. The first kappa shape index (κ1) is 16.5. The molecule has 2 rings (SSSR count). The standard InChI is InChI=1S/C19H32N2/c1-13-11-15(3)16(12-14(13)2)18-17(20)9-7-8-10-21(18)19(4,5)6/h11-12,17-18H,7-10,20H2,1-6H3. The summed E-state index contributed by atoms with van der Waals surface area (Å²) in [5.74, 6) is 0. The molecule has 2 nitrogen and oxygen atoms in total. The third kappa shape index (κ3) is 3.49. The van der Waals surface area contributed by atoms with Crippen LogP contribution in [-0.2, 0) is 0 Å². The van der Waals surface area contributed by atoms with Crippen LogP contribution in [0.15, 0.2) is 12.1 Å². The zero-order valence-electron chi connectivity index (χ0n) is 14.7. The van der Waals surface area contributed by atoms with E-state index in [0.717, 1.165) is 13.0 Å². The summed E-state index contributed by atoms with van der Waals surface area (Å²) >= 11 is 0. The van der Waals surface area contributed by atoms with Crippen molar-refractivity contribution < 1.29 is 0 Å². The van der Waals surface area contributed by atoms with E-state index in [1.165, 1.54) is 35.1 Å². The van der Waals surface area contributed by atoms with Crippen molar-refractivity contribution in [3.63, 3.8) is 0 Å². The summed E-state index contributed by atoms with van der Waals surface area (Å²) in [5, 5.41) is 0. The summed E-state index contributed by atoms with van der Waals surface area (Å²) in [5.41, 5.74) is 12.3. The first-order valence-corrected chi connectivity index (χ1v) is 8.32. The van der Waals surface area contributed by atoms with Crippen LogP contribution in [0.3, 0.4) is 0 Å². The molecule has 2 N–H and O–H groups in total. The summed E-state index contributed by atoms with van der Waals surface area (Å²) in [6.07, 6.45) is 3.63. The van der Waals surface area contributed by atoms with Gasteiger partial charge in [0.1, 0.15) is 0 Å². The summed E-state index contributed by atoms with van der Waals surface area (Å²) in [7, 11) is 0. The van der Waals surface area contributed by atoms with Crippen LogP contribution in [0.5, 0.6) is 0 Å². The molecule has 21 heavy (non-hydrogen) atoms. The smallest absolute Gasteiger partial charge is 0.0507 e. The van der Waals surface area contributed by atoms with Crippen LogP contribution in [-0.4, -0.2) is 23.0 Å². The van der Waals surface area contributed by atoms with Gasteiger partial charge in [-0.3, -0.25) is 4.90 Å². The van der Waals surface area contributed by atoms with Crippen molar-refractivity contribution in [3.8, 4) is 0 Å². The Morgan fingerprint density at radius 3 is 2.24 bits per heavy atom. The minimum Gasteiger partial charge on any atom is -0.326 e.